The fourth-order valence-electron chi connectivity index (χ4n) is 0.821. The fourth-order valence-corrected chi connectivity index (χ4v) is 0.967. The van der Waals surface area contributed by atoms with Crippen LogP contribution in [0.25, 0.3) is 0 Å². The number of alkyl halides is 1. The molecule has 0 radical (unpaired) electrons. The molecular weight excluding hydrogens is 162 g/mol. The molecule has 0 bridgehead atoms. The largest absolute Gasteiger partial charge is 0.298 e. The lowest BCUT2D eigenvalue weighted by Gasteiger charge is -1.98. The summed E-state index contributed by atoms with van der Waals surface area (Å²) in [6.45, 7) is 1.86. The highest BCUT2D eigenvalue weighted by Crippen LogP contribution is 2.07. The van der Waals surface area contributed by atoms with E-state index >= 15 is 0 Å². The average Bonchev–Trinajstić information content (AvgIpc) is 2.04. The van der Waals surface area contributed by atoms with E-state index < -0.39 is 0 Å². The molecule has 0 fully saturated rings. The summed E-state index contributed by atoms with van der Waals surface area (Å²) in [6, 6.07) is 1.82. The Morgan fingerprint density at radius 2 is 2.45 bits per heavy atom. The second-order valence-corrected chi connectivity index (χ2v) is 2.55. The van der Waals surface area contributed by atoms with Gasteiger partial charge in [-0.15, -0.1) is 11.6 Å². The molecule has 0 saturated heterocycles. The van der Waals surface area contributed by atoms with E-state index in [-0.39, 0.29) is 0 Å². The summed E-state index contributed by atoms with van der Waals surface area (Å²) >= 11 is 5.54. The third kappa shape index (κ3) is 1.77. The minimum absolute atomic E-state index is 0.389. The number of carbonyl (C=O) groups is 1. The second-order valence-electron chi connectivity index (χ2n) is 2.28. The Balaban J connectivity index is 3.09. The molecule has 1 rings (SSSR count). The van der Waals surface area contributed by atoms with Crippen LogP contribution in [0.5, 0.6) is 0 Å². The number of pyridine rings is 1. The zero-order valence-corrected chi connectivity index (χ0v) is 6.93. The number of nitrogens with zero attached hydrogens (tertiary/aromatic N) is 1. The van der Waals surface area contributed by atoms with Gasteiger partial charge in [-0.3, -0.25) is 9.78 Å². The second kappa shape index (κ2) is 3.49. The predicted octanol–water partition coefficient (Wildman–Crippen LogP) is 1.94. The van der Waals surface area contributed by atoms with Crippen molar-refractivity contribution in [3.8, 4) is 0 Å². The van der Waals surface area contributed by atoms with Crippen molar-refractivity contribution in [3.63, 3.8) is 0 Å². The lowest BCUT2D eigenvalue weighted by atomic mass is 10.1. The van der Waals surface area contributed by atoms with Gasteiger partial charge in [-0.25, -0.2) is 0 Å². The molecule has 0 aliphatic carbocycles. The van der Waals surface area contributed by atoms with Gasteiger partial charge in [-0.1, -0.05) is 0 Å². The Hall–Kier alpha value is -0.890. The Kier molecular flexibility index (Phi) is 2.60. The molecule has 0 amide bonds. The van der Waals surface area contributed by atoms with E-state index in [4.69, 9.17) is 11.6 Å². The van der Waals surface area contributed by atoms with E-state index in [0.29, 0.717) is 11.4 Å². The van der Waals surface area contributed by atoms with Gasteiger partial charge in [0.1, 0.15) is 0 Å². The van der Waals surface area contributed by atoms with Crippen LogP contribution >= 0.6 is 11.6 Å². The summed E-state index contributed by atoms with van der Waals surface area (Å²) in [7, 11) is 0. The van der Waals surface area contributed by atoms with Crippen molar-refractivity contribution < 1.29 is 4.79 Å². The van der Waals surface area contributed by atoms with Crippen molar-refractivity contribution in [2.24, 2.45) is 0 Å². The Morgan fingerprint density at radius 3 is 2.91 bits per heavy atom. The number of rotatable bonds is 2. The zero-order valence-electron chi connectivity index (χ0n) is 6.17. The number of aryl methyl sites for hydroxylation is 1. The zero-order chi connectivity index (χ0) is 8.27. The third-order valence-electron chi connectivity index (χ3n) is 1.47. The summed E-state index contributed by atoms with van der Waals surface area (Å²) in [4.78, 5) is 14.3. The van der Waals surface area contributed by atoms with E-state index in [1.165, 1.54) is 0 Å². The van der Waals surface area contributed by atoms with Crippen molar-refractivity contribution in [1.29, 1.82) is 0 Å². The molecule has 0 saturated carbocycles. The number of hydrogen-bond acceptors (Lipinski definition) is 2. The van der Waals surface area contributed by atoms with E-state index in [1.807, 2.05) is 13.0 Å². The highest BCUT2D eigenvalue weighted by atomic mass is 35.5. The van der Waals surface area contributed by atoms with E-state index in [9.17, 15) is 4.79 Å². The van der Waals surface area contributed by atoms with Crippen LogP contribution in [0, 0.1) is 6.92 Å². The van der Waals surface area contributed by atoms with Gasteiger partial charge in [0.25, 0.3) is 0 Å². The molecule has 0 N–H and O–H groups in total. The van der Waals surface area contributed by atoms with Crippen LogP contribution in [-0.4, -0.2) is 11.3 Å². The lowest BCUT2D eigenvalue weighted by molar-refractivity contribution is 0.112. The number of halogens is 1. The molecule has 11 heavy (non-hydrogen) atoms. The minimum atomic E-state index is 0.389. The summed E-state index contributed by atoms with van der Waals surface area (Å²) in [6.07, 6.45) is 2.33. The monoisotopic (exact) mass is 169 g/mol. The van der Waals surface area contributed by atoms with Crippen LogP contribution in [0.3, 0.4) is 0 Å². The topological polar surface area (TPSA) is 30.0 Å². The number of hydrogen-bond donors (Lipinski definition) is 0. The molecule has 1 aromatic rings. The number of aromatic nitrogens is 1. The molecule has 0 aliphatic heterocycles. The first-order valence-corrected chi connectivity index (χ1v) is 3.78. The summed E-state index contributed by atoms with van der Waals surface area (Å²) in [5, 5.41) is 0. The highest BCUT2D eigenvalue weighted by Gasteiger charge is 1.98. The predicted molar refractivity (Wildman–Crippen MR) is 43.9 cm³/mol. The molecule has 0 aromatic carbocycles. The molecule has 0 aliphatic rings. The molecule has 0 unspecified atom stereocenters. The third-order valence-corrected chi connectivity index (χ3v) is 1.75. The van der Waals surface area contributed by atoms with Crippen LogP contribution in [0.15, 0.2) is 12.3 Å². The molecular formula is C8H8ClNO. The first-order chi connectivity index (χ1) is 5.27. The maximum Gasteiger partial charge on any atom is 0.151 e. The molecule has 58 valence electrons. The Morgan fingerprint density at radius 1 is 1.73 bits per heavy atom. The van der Waals surface area contributed by atoms with Crippen LogP contribution in [0.1, 0.15) is 21.6 Å². The van der Waals surface area contributed by atoms with Crippen LogP contribution in [0.4, 0.5) is 0 Å². The van der Waals surface area contributed by atoms with Crippen molar-refractivity contribution in [3.05, 3.63) is 29.1 Å². The summed E-state index contributed by atoms with van der Waals surface area (Å²) in [5.41, 5.74) is 2.35. The average molecular weight is 170 g/mol. The van der Waals surface area contributed by atoms with Crippen LogP contribution < -0.4 is 0 Å². The molecule has 1 heterocycles. The summed E-state index contributed by atoms with van der Waals surface area (Å²) < 4.78 is 0. The first kappa shape index (κ1) is 8.21. The smallest absolute Gasteiger partial charge is 0.151 e. The number of aldehydes is 1. The van der Waals surface area contributed by atoms with Crippen molar-refractivity contribution in [2.75, 3.05) is 0 Å². The van der Waals surface area contributed by atoms with Gasteiger partial charge in [-0.05, 0) is 18.6 Å². The summed E-state index contributed by atoms with van der Waals surface area (Å²) in [5.74, 6) is 0.389. The van der Waals surface area contributed by atoms with Gasteiger partial charge in [0, 0.05) is 11.8 Å². The Bertz CT molecular complexity index is 273. The SMILES string of the molecule is Cc1cc(CCl)ncc1C=O. The maximum atomic E-state index is 10.4. The minimum Gasteiger partial charge on any atom is -0.298 e. The maximum absolute atomic E-state index is 10.4. The molecule has 0 spiro atoms. The van der Waals surface area contributed by atoms with Gasteiger partial charge in [-0.2, -0.15) is 0 Å². The van der Waals surface area contributed by atoms with Crippen molar-refractivity contribution in [2.45, 2.75) is 12.8 Å². The molecule has 1 aromatic heterocycles. The lowest BCUT2D eigenvalue weighted by Crippen LogP contribution is -1.92. The molecule has 0 atom stereocenters. The van der Waals surface area contributed by atoms with Gasteiger partial charge >= 0.3 is 0 Å². The normalized spacial score (nSPS) is 9.64. The van der Waals surface area contributed by atoms with Gasteiger partial charge in [0.05, 0.1) is 11.6 Å². The van der Waals surface area contributed by atoms with E-state index in [1.54, 1.807) is 6.20 Å². The standard InChI is InChI=1S/C8H8ClNO/c1-6-2-8(3-9)10-4-7(6)5-11/h2,4-5H,3H2,1H3. The van der Waals surface area contributed by atoms with E-state index in [0.717, 1.165) is 17.5 Å². The van der Waals surface area contributed by atoms with Crippen LogP contribution in [-0.2, 0) is 5.88 Å². The van der Waals surface area contributed by atoms with E-state index in [2.05, 4.69) is 4.98 Å². The van der Waals surface area contributed by atoms with Gasteiger partial charge in [0.2, 0.25) is 0 Å². The van der Waals surface area contributed by atoms with Crippen molar-refractivity contribution >= 4 is 17.9 Å². The molecule has 2 nitrogen and oxygen atoms in total. The fraction of sp³-hybridized carbons (Fsp3) is 0.250. The first-order valence-electron chi connectivity index (χ1n) is 3.24. The quantitative estimate of drug-likeness (QED) is 0.500. The molecule has 3 heteroatoms. The van der Waals surface area contributed by atoms with Crippen molar-refractivity contribution in [1.82, 2.24) is 4.98 Å². The van der Waals surface area contributed by atoms with Crippen LogP contribution in [0.2, 0.25) is 0 Å². The Labute approximate surface area is 70.2 Å². The number of carbonyl (C=O) groups excluding carboxylic acids is 1. The highest BCUT2D eigenvalue weighted by molar-refractivity contribution is 6.16. The van der Waals surface area contributed by atoms with Gasteiger partial charge in [0.15, 0.2) is 6.29 Å². The van der Waals surface area contributed by atoms with Gasteiger partial charge < -0.3 is 0 Å².